The fraction of sp³-hybridized carbons (Fsp3) is 0.294. The van der Waals surface area contributed by atoms with E-state index in [0.717, 1.165) is 30.0 Å². The lowest BCUT2D eigenvalue weighted by atomic mass is 10.0. The number of carboxylic acids is 1. The second kappa shape index (κ2) is 5.56. The Morgan fingerprint density at radius 3 is 2.67 bits per heavy atom. The number of benzene rings is 1. The normalized spacial score (nSPS) is 15.2. The molecular weight excluding hydrogens is 266 g/mol. The largest absolute Gasteiger partial charge is 0.478 e. The molecule has 0 aliphatic heterocycles. The molecule has 2 aromatic rings. The average Bonchev–Trinajstić information content (AvgIpc) is 3.22. The Morgan fingerprint density at radius 2 is 2.10 bits per heavy atom. The molecule has 0 radical (unpaired) electrons. The molecule has 1 fully saturated rings. The summed E-state index contributed by atoms with van der Waals surface area (Å²) in [5.74, 6) is 0.400. The number of nitrogens with zero attached hydrogens (tertiary/aromatic N) is 1. The summed E-state index contributed by atoms with van der Waals surface area (Å²) < 4.78 is 5.48. The van der Waals surface area contributed by atoms with Crippen LogP contribution in [0.25, 0.3) is 16.8 Å². The van der Waals surface area contributed by atoms with Gasteiger partial charge in [-0.15, -0.1) is 0 Å². The van der Waals surface area contributed by atoms with Crippen LogP contribution in [0.4, 0.5) is 0 Å². The van der Waals surface area contributed by atoms with E-state index in [1.54, 1.807) is 12.3 Å². The summed E-state index contributed by atoms with van der Waals surface area (Å²) in [5.41, 5.74) is 2.79. The minimum atomic E-state index is -0.901. The summed E-state index contributed by atoms with van der Waals surface area (Å²) in [5, 5.41) is 9.22. The van der Waals surface area contributed by atoms with E-state index in [1.807, 2.05) is 31.2 Å². The predicted octanol–water partition coefficient (Wildman–Crippen LogP) is 4.10. The highest BCUT2D eigenvalue weighted by molar-refractivity contribution is 6.15. The first-order chi connectivity index (χ1) is 10.2. The molecule has 4 nitrogen and oxygen atoms in total. The number of allylic oxidation sites excluding steroid dienone is 1. The number of hydrogen-bond donors (Lipinski definition) is 1. The predicted molar refractivity (Wildman–Crippen MR) is 79.8 cm³/mol. The van der Waals surface area contributed by atoms with Crippen LogP contribution in [-0.2, 0) is 4.79 Å². The Bertz CT molecular complexity index is 678. The number of carbonyl (C=O) groups is 1. The summed E-state index contributed by atoms with van der Waals surface area (Å²) in [6.45, 7) is 1.92. The molecule has 4 heteroatoms. The molecule has 0 amide bonds. The summed E-state index contributed by atoms with van der Waals surface area (Å²) in [6.07, 6.45) is 6.39. The molecule has 1 aliphatic rings. The van der Waals surface area contributed by atoms with Crippen LogP contribution >= 0.6 is 0 Å². The highest BCUT2D eigenvalue weighted by Crippen LogP contribution is 2.40. The summed E-state index contributed by atoms with van der Waals surface area (Å²) in [4.78, 5) is 15.7. The van der Waals surface area contributed by atoms with E-state index in [4.69, 9.17) is 4.42 Å². The van der Waals surface area contributed by atoms with E-state index in [-0.39, 0.29) is 0 Å². The van der Waals surface area contributed by atoms with E-state index >= 15 is 0 Å². The zero-order chi connectivity index (χ0) is 14.8. The van der Waals surface area contributed by atoms with Crippen LogP contribution in [0.2, 0.25) is 0 Å². The quantitative estimate of drug-likeness (QED) is 0.839. The van der Waals surface area contributed by atoms with Gasteiger partial charge in [0.25, 0.3) is 0 Å². The SMILES string of the molecule is CC/C=C(/C(=O)O)c1ccc(-c2coc(C3CC3)n2)cc1. The first-order valence-electron chi connectivity index (χ1n) is 7.18. The number of rotatable bonds is 5. The van der Waals surface area contributed by atoms with Crippen molar-refractivity contribution in [1.82, 2.24) is 4.98 Å². The molecule has 1 aromatic heterocycles. The maximum absolute atomic E-state index is 11.2. The molecule has 1 aliphatic carbocycles. The van der Waals surface area contributed by atoms with Crippen LogP contribution in [0, 0.1) is 0 Å². The van der Waals surface area contributed by atoms with Crippen molar-refractivity contribution in [2.24, 2.45) is 0 Å². The Labute approximate surface area is 123 Å². The van der Waals surface area contributed by atoms with Crippen molar-refractivity contribution in [1.29, 1.82) is 0 Å². The number of carboxylic acid groups (broad SMARTS) is 1. The molecule has 0 saturated heterocycles. The van der Waals surface area contributed by atoms with Crippen molar-refractivity contribution in [2.45, 2.75) is 32.1 Å². The third-order valence-electron chi connectivity index (χ3n) is 3.58. The van der Waals surface area contributed by atoms with Gasteiger partial charge < -0.3 is 9.52 Å². The number of hydrogen-bond acceptors (Lipinski definition) is 3. The van der Waals surface area contributed by atoms with Crippen LogP contribution in [0.3, 0.4) is 0 Å². The minimum absolute atomic E-state index is 0.336. The third kappa shape index (κ3) is 2.89. The highest BCUT2D eigenvalue weighted by atomic mass is 16.4. The van der Waals surface area contributed by atoms with Gasteiger partial charge in [-0.3, -0.25) is 0 Å². The van der Waals surface area contributed by atoms with E-state index in [9.17, 15) is 9.90 Å². The highest BCUT2D eigenvalue weighted by Gasteiger charge is 2.28. The van der Waals surface area contributed by atoms with Crippen molar-refractivity contribution in [3.05, 3.63) is 48.1 Å². The number of oxazole rings is 1. The summed E-state index contributed by atoms with van der Waals surface area (Å²) in [6, 6.07) is 7.40. The van der Waals surface area contributed by atoms with Crippen molar-refractivity contribution in [3.8, 4) is 11.3 Å². The maximum atomic E-state index is 11.2. The van der Waals surface area contributed by atoms with Crippen LogP contribution in [-0.4, -0.2) is 16.1 Å². The smallest absolute Gasteiger partial charge is 0.335 e. The number of aromatic nitrogens is 1. The first kappa shape index (κ1) is 13.6. The Morgan fingerprint density at radius 1 is 1.38 bits per heavy atom. The maximum Gasteiger partial charge on any atom is 0.335 e. The molecule has 0 atom stereocenters. The summed E-state index contributed by atoms with van der Waals surface area (Å²) in [7, 11) is 0. The molecule has 1 saturated carbocycles. The van der Waals surface area contributed by atoms with Gasteiger partial charge in [0.1, 0.15) is 12.0 Å². The van der Waals surface area contributed by atoms with Crippen molar-refractivity contribution >= 4 is 11.5 Å². The molecule has 1 heterocycles. The average molecular weight is 283 g/mol. The van der Waals surface area contributed by atoms with Crippen LogP contribution < -0.4 is 0 Å². The Hall–Kier alpha value is -2.36. The van der Waals surface area contributed by atoms with E-state index < -0.39 is 5.97 Å². The molecule has 1 N–H and O–H groups in total. The second-order valence-electron chi connectivity index (χ2n) is 5.25. The van der Waals surface area contributed by atoms with Crippen LogP contribution in [0.1, 0.15) is 43.6 Å². The second-order valence-corrected chi connectivity index (χ2v) is 5.25. The zero-order valence-electron chi connectivity index (χ0n) is 11.9. The van der Waals surface area contributed by atoms with Crippen LogP contribution in [0.15, 0.2) is 41.0 Å². The fourth-order valence-corrected chi connectivity index (χ4v) is 2.29. The van der Waals surface area contributed by atoms with Crippen molar-refractivity contribution < 1.29 is 14.3 Å². The van der Waals surface area contributed by atoms with Crippen LogP contribution in [0.5, 0.6) is 0 Å². The van der Waals surface area contributed by atoms with E-state index in [2.05, 4.69) is 4.98 Å². The number of aliphatic carboxylic acids is 1. The van der Waals surface area contributed by atoms with Gasteiger partial charge in [-0.2, -0.15) is 0 Å². The molecule has 0 unspecified atom stereocenters. The molecule has 108 valence electrons. The lowest BCUT2D eigenvalue weighted by molar-refractivity contribution is -0.130. The monoisotopic (exact) mass is 283 g/mol. The molecule has 3 rings (SSSR count). The molecule has 21 heavy (non-hydrogen) atoms. The fourth-order valence-electron chi connectivity index (χ4n) is 2.29. The topological polar surface area (TPSA) is 63.3 Å². The molecule has 0 spiro atoms. The lowest BCUT2D eigenvalue weighted by Gasteiger charge is -2.03. The minimum Gasteiger partial charge on any atom is -0.478 e. The summed E-state index contributed by atoms with van der Waals surface area (Å²) >= 11 is 0. The van der Waals surface area contributed by atoms with E-state index in [1.165, 1.54) is 0 Å². The zero-order valence-corrected chi connectivity index (χ0v) is 11.9. The standard InChI is InChI=1S/C17H17NO3/c1-2-3-14(17(19)20)11-4-6-12(7-5-11)15-10-21-16(18-15)13-8-9-13/h3-7,10,13H,2,8-9H2,1H3,(H,19,20)/b14-3+. The Kier molecular flexibility index (Phi) is 3.60. The van der Waals surface area contributed by atoms with Gasteiger partial charge in [-0.05, 0) is 24.8 Å². The lowest BCUT2D eigenvalue weighted by Crippen LogP contribution is -1.99. The van der Waals surface area contributed by atoms with Crippen molar-refractivity contribution in [3.63, 3.8) is 0 Å². The molecule has 0 bridgehead atoms. The van der Waals surface area contributed by atoms with Gasteiger partial charge in [0.15, 0.2) is 5.89 Å². The Balaban J connectivity index is 1.85. The van der Waals surface area contributed by atoms with Gasteiger partial charge in [-0.1, -0.05) is 37.3 Å². The van der Waals surface area contributed by atoms with Gasteiger partial charge in [0, 0.05) is 11.5 Å². The van der Waals surface area contributed by atoms with Gasteiger partial charge in [-0.25, -0.2) is 9.78 Å². The van der Waals surface area contributed by atoms with Gasteiger partial charge >= 0.3 is 5.97 Å². The molecule has 1 aromatic carbocycles. The molecular formula is C17H17NO3. The van der Waals surface area contributed by atoms with Gasteiger partial charge in [0.05, 0.1) is 5.57 Å². The van der Waals surface area contributed by atoms with Crippen molar-refractivity contribution in [2.75, 3.05) is 0 Å². The van der Waals surface area contributed by atoms with E-state index in [0.29, 0.717) is 23.5 Å². The van der Waals surface area contributed by atoms with Gasteiger partial charge in [0.2, 0.25) is 0 Å². The third-order valence-corrected chi connectivity index (χ3v) is 3.58. The first-order valence-corrected chi connectivity index (χ1v) is 7.18.